The highest BCUT2D eigenvalue weighted by atomic mass is 16.1. The number of carbonyl (C=O) groups excluding carboxylic acids is 1. The normalized spacial score (nSPS) is 15.8. The van der Waals surface area contributed by atoms with E-state index in [1.807, 2.05) is 42.6 Å². The highest BCUT2D eigenvalue weighted by molar-refractivity contribution is 6.09. The van der Waals surface area contributed by atoms with Crippen LogP contribution in [0.3, 0.4) is 0 Å². The van der Waals surface area contributed by atoms with Crippen molar-refractivity contribution >= 4 is 28.1 Å². The molecule has 122 valence electrons. The van der Waals surface area contributed by atoms with Crippen LogP contribution in [0.15, 0.2) is 54.7 Å². The Balaban J connectivity index is 1.66. The molecule has 2 heterocycles. The van der Waals surface area contributed by atoms with Gasteiger partial charge in [-0.15, -0.1) is 0 Å². The SMILES string of the molecule is CC1(C)CN(CC(=O)c2c[nH]c3ccccc23)c2ccccc2N1. The average molecular weight is 319 g/mol. The quantitative estimate of drug-likeness (QED) is 0.716. The molecule has 4 heteroatoms. The van der Waals surface area contributed by atoms with Gasteiger partial charge in [-0.05, 0) is 32.0 Å². The van der Waals surface area contributed by atoms with E-state index in [-0.39, 0.29) is 11.3 Å². The van der Waals surface area contributed by atoms with Crippen molar-refractivity contribution in [2.75, 3.05) is 23.3 Å². The van der Waals surface area contributed by atoms with E-state index in [2.05, 4.69) is 41.2 Å². The van der Waals surface area contributed by atoms with Crippen molar-refractivity contribution in [2.24, 2.45) is 0 Å². The van der Waals surface area contributed by atoms with Gasteiger partial charge in [-0.1, -0.05) is 30.3 Å². The Morgan fingerprint density at radius 3 is 2.75 bits per heavy atom. The van der Waals surface area contributed by atoms with Crippen LogP contribution in [0.5, 0.6) is 0 Å². The number of nitrogens with zero attached hydrogens (tertiary/aromatic N) is 1. The summed E-state index contributed by atoms with van der Waals surface area (Å²) in [5.74, 6) is 0.139. The topological polar surface area (TPSA) is 48.1 Å². The lowest BCUT2D eigenvalue weighted by molar-refractivity contribution is 0.1000. The zero-order valence-corrected chi connectivity index (χ0v) is 14.0. The Morgan fingerprint density at radius 1 is 1.12 bits per heavy atom. The highest BCUT2D eigenvalue weighted by Crippen LogP contribution is 2.34. The summed E-state index contributed by atoms with van der Waals surface area (Å²) in [4.78, 5) is 18.3. The lowest BCUT2D eigenvalue weighted by Gasteiger charge is -2.41. The molecular formula is C20H21N3O. The number of hydrogen-bond acceptors (Lipinski definition) is 3. The second kappa shape index (κ2) is 5.41. The van der Waals surface area contributed by atoms with Gasteiger partial charge in [-0.2, -0.15) is 0 Å². The molecule has 0 radical (unpaired) electrons. The van der Waals surface area contributed by atoms with Gasteiger partial charge in [0.1, 0.15) is 0 Å². The largest absolute Gasteiger partial charge is 0.377 e. The first-order valence-corrected chi connectivity index (χ1v) is 8.25. The Hall–Kier alpha value is -2.75. The predicted molar refractivity (Wildman–Crippen MR) is 99.0 cm³/mol. The predicted octanol–water partition coefficient (Wildman–Crippen LogP) is 4.06. The summed E-state index contributed by atoms with van der Waals surface area (Å²) in [6, 6.07) is 16.1. The number of para-hydroxylation sites is 3. The zero-order valence-electron chi connectivity index (χ0n) is 14.0. The molecule has 0 aliphatic carbocycles. The number of aromatic amines is 1. The number of Topliss-reactive ketones (excluding diaryl/α,β-unsaturated/α-hetero) is 1. The summed E-state index contributed by atoms with van der Waals surface area (Å²) in [6.45, 7) is 5.49. The van der Waals surface area contributed by atoms with E-state index < -0.39 is 0 Å². The fourth-order valence-corrected chi connectivity index (χ4v) is 3.52. The number of ketones is 1. The molecule has 1 aliphatic rings. The number of benzene rings is 2. The van der Waals surface area contributed by atoms with E-state index in [4.69, 9.17) is 0 Å². The molecule has 1 aromatic heterocycles. The van der Waals surface area contributed by atoms with Gasteiger partial charge < -0.3 is 15.2 Å². The third kappa shape index (κ3) is 2.54. The van der Waals surface area contributed by atoms with E-state index in [1.165, 1.54) is 0 Å². The average Bonchev–Trinajstić information content (AvgIpc) is 2.98. The minimum atomic E-state index is -0.0746. The van der Waals surface area contributed by atoms with Gasteiger partial charge >= 0.3 is 0 Å². The third-order valence-electron chi connectivity index (χ3n) is 4.53. The summed E-state index contributed by atoms with van der Waals surface area (Å²) in [5.41, 5.74) is 3.86. The third-order valence-corrected chi connectivity index (χ3v) is 4.53. The number of fused-ring (bicyclic) bond motifs is 2. The minimum Gasteiger partial charge on any atom is -0.377 e. The standard InChI is InChI=1S/C20H21N3O/c1-20(2)13-23(18-10-6-5-9-17(18)22-20)12-19(24)15-11-21-16-8-4-3-7-14(15)16/h3-11,21-22H,12-13H2,1-2H3. The van der Waals surface area contributed by atoms with Crippen LogP contribution in [0.2, 0.25) is 0 Å². The summed E-state index contributed by atoms with van der Waals surface area (Å²) in [5, 5.41) is 4.54. The van der Waals surface area contributed by atoms with Crippen LogP contribution >= 0.6 is 0 Å². The number of aromatic nitrogens is 1. The van der Waals surface area contributed by atoms with Crippen LogP contribution in [-0.2, 0) is 0 Å². The summed E-state index contributed by atoms with van der Waals surface area (Å²) in [7, 11) is 0. The van der Waals surface area contributed by atoms with E-state index in [1.54, 1.807) is 0 Å². The Kier molecular flexibility index (Phi) is 3.34. The number of carbonyl (C=O) groups is 1. The second-order valence-corrected chi connectivity index (χ2v) is 7.05. The summed E-state index contributed by atoms with van der Waals surface area (Å²) in [6.07, 6.45) is 1.83. The van der Waals surface area contributed by atoms with E-state index >= 15 is 0 Å². The molecule has 0 bridgehead atoms. The molecular weight excluding hydrogens is 298 g/mol. The van der Waals surface area contributed by atoms with Crippen molar-refractivity contribution in [1.29, 1.82) is 0 Å². The molecule has 0 fully saturated rings. The van der Waals surface area contributed by atoms with Crippen molar-refractivity contribution in [1.82, 2.24) is 4.98 Å². The molecule has 0 saturated carbocycles. The number of rotatable bonds is 3. The van der Waals surface area contributed by atoms with Crippen molar-refractivity contribution < 1.29 is 4.79 Å². The smallest absolute Gasteiger partial charge is 0.184 e. The fourth-order valence-electron chi connectivity index (χ4n) is 3.52. The number of H-pyrrole nitrogens is 1. The van der Waals surface area contributed by atoms with Gasteiger partial charge in [0, 0.05) is 34.7 Å². The summed E-state index contributed by atoms with van der Waals surface area (Å²) >= 11 is 0. The van der Waals surface area contributed by atoms with Crippen molar-refractivity contribution in [3.63, 3.8) is 0 Å². The number of hydrogen-bond donors (Lipinski definition) is 2. The molecule has 4 nitrogen and oxygen atoms in total. The molecule has 0 unspecified atom stereocenters. The molecule has 3 aromatic rings. The first-order chi connectivity index (χ1) is 11.5. The number of nitrogens with one attached hydrogen (secondary N) is 2. The maximum absolute atomic E-state index is 12.9. The Morgan fingerprint density at radius 2 is 1.88 bits per heavy atom. The minimum absolute atomic E-state index is 0.0746. The molecule has 1 aliphatic heterocycles. The van der Waals surface area contributed by atoms with Crippen molar-refractivity contribution in [2.45, 2.75) is 19.4 Å². The van der Waals surface area contributed by atoms with Gasteiger partial charge in [-0.25, -0.2) is 0 Å². The first-order valence-electron chi connectivity index (χ1n) is 8.25. The monoisotopic (exact) mass is 319 g/mol. The molecule has 0 saturated heterocycles. The molecule has 0 amide bonds. The van der Waals surface area contributed by atoms with Gasteiger partial charge in [0.25, 0.3) is 0 Å². The van der Waals surface area contributed by atoms with Crippen LogP contribution in [0, 0.1) is 0 Å². The second-order valence-electron chi connectivity index (χ2n) is 7.05. The Bertz CT molecular complexity index is 910. The van der Waals surface area contributed by atoms with Crippen LogP contribution in [-0.4, -0.2) is 29.4 Å². The first kappa shape index (κ1) is 14.8. The highest BCUT2D eigenvalue weighted by Gasteiger charge is 2.30. The molecule has 0 spiro atoms. The van der Waals surface area contributed by atoms with Crippen molar-refractivity contribution in [3.05, 3.63) is 60.3 Å². The number of anilines is 2. The van der Waals surface area contributed by atoms with Gasteiger partial charge in [0.05, 0.1) is 17.9 Å². The fraction of sp³-hybridized carbons (Fsp3) is 0.250. The molecule has 0 atom stereocenters. The van der Waals surface area contributed by atoms with Gasteiger partial charge in [0.2, 0.25) is 0 Å². The van der Waals surface area contributed by atoms with Gasteiger partial charge in [0.15, 0.2) is 5.78 Å². The lowest BCUT2D eigenvalue weighted by atomic mass is 9.98. The maximum Gasteiger partial charge on any atom is 0.184 e. The maximum atomic E-state index is 12.9. The molecule has 4 rings (SSSR count). The van der Waals surface area contributed by atoms with Crippen molar-refractivity contribution in [3.8, 4) is 0 Å². The molecule has 2 N–H and O–H groups in total. The van der Waals surface area contributed by atoms with Crippen LogP contribution in [0.25, 0.3) is 10.9 Å². The molecule has 2 aromatic carbocycles. The van der Waals surface area contributed by atoms with Crippen LogP contribution < -0.4 is 10.2 Å². The van der Waals surface area contributed by atoms with E-state index in [9.17, 15) is 4.79 Å². The zero-order chi connectivity index (χ0) is 16.7. The van der Waals surface area contributed by atoms with E-state index in [0.717, 1.165) is 34.4 Å². The molecule has 24 heavy (non-hydrogen) atoms. The van der Waals surface area contributed by atoms with Gasteiger partial charge in [-0.3, -0.25) is 4.79 Å². The van der Waals surface area contributed by atoms with Crippen LogP contribution in [0.1, 0.15) is 24.2 Å². The van der Waals surface area contributed by atoms with E-state index in [0.29, 0.717) is 6.54 Å². The lowest BCUT2D eigenvalue weighted by Crippen LogP contribution is -2.50. The Labute approximate surface area is 141 Å². The van der Waals surface area contributed by atoms with Crippen LogP contribution in [0.4, 0.5) is 11.4 Å². The summed E-state index contributed by atoms with van der Waals surface area (Å²) < 4.78 is 0.